The second-order valence-corrected chi connectivity index (χ2v) is 7.28. The number of carbonyl (C=O) groups excluding carboxylic acids is 2. The van der Waals surface area contributed by atoms with Gasteiger partial charge in [-0.2, -0.15) is 0 Å². The molecule has 0 heterocycles. The third-order valence-electron chi connectivity index (χ3n) is 4.21. The summed E-state index contributed by atoms with van der Waals surface area (Å²) in [4.78, 5) is 27.4. The number of para-hydroxylation sites is 2. The van der Waals surface area contributed by atoms with E-state index in [1.54, 1.807) is 23.7 Å². The van der Waals surface area contributed by atoms with E-state index in [9.17, 15) is 9.59 Å². The highest BCUT2D eigenvalue weighted by Gasteiger charge is 2.14. The zero-order valence-corrected chi connectivity index (χ0v) is 17.2. The number of nitrogens with zero attached hydrogens (tertiary/aromatic N) is 1. The van der Waals surface area contributed by atoms with Crippen LogP contribution >= 0.6 is 11.8 Å². The molecular weight excluding hydrogens is 358 g/mol. The number of benzene rings is 2. The summed E-state index contributed by atoms with van der Waals surface area (Å²) in [6.07, 6.45) is 2.82. The SMILES string of the molecule is CCc1cccc(C)c1NC(=O)CN(C)CC(=O)Nc1ccccc1SC. The van der Waals surface area contributed by atoms with Crippen molar-refractivity contribution in [2.75, 3.05) is 37.0 Å². The highest BCUT2D eigenvalue weighted by atomic mass is 32.2. The smallest absolute Gasteiger partial charge is 0.238 e. The van der Waals surface area contributed by atoms with Crippen LogP contribution in [0.4, 0.5) is 11.4 Å². The quantitative estimate of drug-likeness (QED) is 0.679. The zero-order chi connectivity index (χ0) is 19.8. The number of hydrogen-bond acceptors (Lipinski definition) is 4. The van der Waals surface area contributed by atoms with Gasteiger partial charge in [-0.3, -0.25) is 14.5 Å². The van der Waals surface area contributed by atoms with Crippen LogP contribution in [0.1, 0.15) is 18.1 Å². The van der Waals surface area contributed by atoms with Crippen molar-refractivity contribution in [1.82, 2.24) is 4.90 Å². The maximum Gasteiger partial charge on any atom is 0.238 e. The highest BCUT2D eigenvalue weighted by molar-refractivity contribution is 7.98. The molecule has 2 N–H and O–H groups in total. The first-order valence-electron chi connectivity index (χ1n) is 8.94. The molecular formula is C21H27N3O2S. The van der Waals surface area contributed by atoms with E-state index in [1.807, 2.05) is 55.6 Å². The van der Waals surface area contributed by atoms with Gasteiger partial charge >= 0.3 is 0 Å². The second kappa shape index (κ2) is 10.1. The first-order chi connectivity index (χ1) is 12.9. The lowest BCUT2D eigenvalue weighted by molar-refractivity contribution is -0.119. The van der Waals surface area contributed by atoms with E-state index in [4.69, 9.17) is 0 Å². The molecule has 27 heavy (non-hydrogen) atoms. The molecule has 0 bridgehead atoms. The van der Waals surface area contributed by atoms with Gasteiger partial charge in [-0.1, -0.05) is 37.3 Å². The summed E-state index contributed by atoms with van der Waals surface area (Å²) in [7, 11) is 1.76. The molecule has 0 atom stereocenters. The number of hydrogen-bond donors (Lipinski definition) is 2. The van der Waals surface area contributed by atoms with Crippen molar-refractivity contribution in [3.63, 3.8) is 0 Å². The third kappa shape index (κ3) is 6.12. The van der Waals surface area contributed by atoms with Crippen molar-refractivity contribution in [3.05, 3.63) is 53.6 Å². The third-order valence-corrected chi connectivity index (χ3v) is 5.01. The van der Waals surface area contributed by atoms with Crippen LogP contribution in [0.25, 0.3) is 0 Å². The number of likely N-dealkylation sites (N-methyl/N-ethyl adjacent to an activating group) is 1. The van der Waals surface area contributed by atoms with Gasteiger partial charge in [0.2, 0.25) is 11.8 Å². The molecule has 2 amide bonds. The Balaban J connectivity index is 1.90. The number of nitrogens with one attached hydrogen (secondary N) is 2. The fourth-order valence-electron chi connectivity index (χ4n) is 2.86. The van der Waals surface area contributed by atoms with Crippen molar-refractivity contribution >= 4 is 35.0 Å². The molecule has 144 valence electrons. The van der Waals surface area contributed by atoms with Crippen LogP contribution < -0.4 is 10.6 Å². The summed E-state index contributed by atoms with van der Waals surface area (Å²) < 4.78 is 0. The molecule has 6 heteroatoms. The topological polar surface area (TPSA) is 61.4 Å². The number of anilines is 2. The summed E-state index contributed by atoms with van der Waals surface area (Å²) in [5, 5.41) is 5.90. The summed E-state index contributed by atoms with van der Waals surface area (Å²) in [5.74, 6) is -0.268. The number of amides is 2. The highest BCUT2D eigenvalue weighted by Crippen LogP contribution is 2.24. The Kier molecular flexibility index (Phi) is 7.88. The Labute approximate surface area is 165 Å². The Bertz CT molecular complexity index is 808. The largest absolute Gasteiger partial charge is 0.324 e. The van der Waals surface area contributed by atoms with E-state index >= 15 is 0 Å². The number of carbonyl (C=O) groups is 2. The van der Waals surface area contributed by atoms with Crippen molar-refractivity contribution in [3.8, 4) is 0 Å². The number of rotatable bonds is 8. The van der Waals surface area contributed by atoms with E-state index in [2.05, 4.69) is 17.6 Å². The second-order valence-electron chi connectivity index (χ2n) is 6.43. The van der Waals surface area contributed by atoms with Gasteiger partial charge in [0.1, 0.15) is 0 Å². The Morgan fingerprint density at radius 3 is 2.33 bits per heavy atom. The maximum absolute atomic E-state index is 12.4. The Morgan fingerprint density at radius 1 is 1.00 bits per heavy atom. The fourth-order valence-corrected chi connectivity index (χ4v) is 3.42. The molecule has 0 unspecified atom stereocenters. The van der Waals surface area contributed by atoms with Gasteiger partial charge < -0.3 is 10.6 Å². The number of aryl methyl sites for hydroxylation is 2. The van der Waals surface area contributed by atoms with Gasteiger partial charge in [-0.05, 0) is 49.9 Å². The molecule has 0 aliphatic heterocycles. The summed E-state index contributed by atoms with van der Waals surface area (Å²) in [5.41, 5.74) is 3.81. The average Bonchev–Trinajstić information content (AvgIpc) is 2.63. The minimum absolute atomic E-state index is 0.126. The van der Waals surface area contributed by atoms with Crippen molar-refractivity contribution in [1.29, 1.82) is 0 Å². The van der Waals surface area contributed by atoms with Gasteiger partial charge in [0.05, 0.1) is 18.8 Å². The van der Waals surface area contributed by atoms with Crippen LogP contribution in [0, 0.1) is 6.92 Å². The van der Waals surface area contributed by atoms with E-state index in [1.165, 1.54) is 0 Å². The van der Waals surface area contributed by atoms with E-state index in [-0.39, 0.29) is 24.9 Å². The first-order valence-corrected chi connectivity index (χ1v) is 10.2. The predicted molar refractivity (Wildman–Crippen MR) is 114 cm³/mol. The molecule has 2 rings (SSSR count). The van der Waals surface area contributed by atoms with Crippen molar-refractivity contribution in [2.24, 2.45) is 0 Å². The first kappa shape index (κ1) is 21.0. The Morgan fingerprint density at radius 2 is 1.67 bits per heavy atom. The van der Waals surface area contributed by atoms with Crippen LogP contribution in [0.2, 0.25) is 0 Å². The van der Waals surface area contributed by atoms with E-state index in [0.717, 1.165) is 33.8 Å². The van der Waals surface area contributed by atoms with Crippen LogP contribution in [0.15, 0.2) is 47.4 Å². The standard InChI is InChI=1S/C21H27N3O2S/c1-5-16-10-8-9-15(2)21(16)23-20(26)14-24(3)13-19(25)22-17-11-6-7-12-18(17)27-4/h6-12H,5,13-14H2,1-4H3,(H,22,25)(H,23,26). The van der Waals surface area contributed by atoms with Crippen LogP contribution in [0.3, 0.4) is 0 Å². The van der Waals surface area contributed by atoms with Crippen LogP contribution in [-0.2, 0) is 16.0 Å². The monoisotopic (exact) mass is 385 g/mol. The Hall–Kier alpha value is -2.31. The molecule has 5 nitrogen and oxygen atoms in total. The van der Waals surface area contributed by atoms with Gasteiger partial charge in [-0.15, -0.1) is 11.8 Å². The molecule has 0 aliphatic rings. The van der Waals surface area contributed by atoms with Gasteiger partial charge in [0.15, 0.2) is 0 Å². The lowest BCUT2D eigenvalue weighted by Crippen LogP contribution is -2.36. The normalized spacial score (nSPS) is 10.7. The summed E-state index contributed by atoms with van der Waals surface area (Å²) in [6.45, 7) is 4.34. The van der Waals surface area contributed by atoms with Crippen LogP contribution in [0.5, 0.6) is 0 Å². The molecule has 2 aromatic rings. The fraction of sp³-hybridized carbons (Fsp3) is 0.333. The van der Waals surface area contributed by atoms with E-state index < -0.39 is 0 Å². The van der Waals surface area contributed by atoms with Crippen molar-refractivity contribution < 1.29 is 9.59 Å². The molecule has 0 fully saturated rings. The molecule has 0 spiro atoms. The minimum Gasteiger partial charge on any atom is -0.324 e. The predicted octanol–water partition coefficient (Wildman–Crippen LogP) is 3.79. The van der Waals surface area contributed by atoms with Gasteiger partial charge in [0, 0.05) is 10.6 Å². The molecule has 0 radical (unpaired) electrons. The average molecular weight is 386 g/mol. The van der Waals surface area contributed by atoms with Gasteiger partial charge in [0.25, 0.3) is 0 Å². The van der Waals surface area contributed by atoms with Crippen molar-refractivity contribution in [2.45, 2.75) is 25.2 Å². The minimum atomic E-state index is -0.142. The zero-order valence-electron chi connectivity index (χ0n) is 16.3. The molecule has 0 saturated heterocycles. The molecule has 0 saturated carbocycles. The molecule has 0 aliphatic carbocycles. The van der Waals surface area contributed by atoms with E-state index in [0.29, 0.717) is 0 Å². The van der Waals surface area contributed by atoms with Gasteiger partial charge in [-0.25, -0.2) is 0 Å². The summed E-state index contributed by atoms with van der Waals surface area (Å²) in [6, 6.07) is 13.7. The molecule has 2 aromatic carbocycles. The molecule has 0 aromatic heterocycles. The lowest BCUT2D eigenvalue weighted by Gasteiger charge is -2.18. The maximum atomic E-state index is 12.4. The summed E-state index contributed by atoms with van der Waals surface area (Å²) >= 11 is 1.58. The van der Waals surface area contributed by atoms with Crippen LogP contribution in [-0.4, -0.2) is 43.1 Å². The number of thioether (sulfide) groups is 1. The lowest BCUT2D eigenvalue weighted by atomic mass is 10.1.